The average molecular weight is 291 g/mol. The molecule has 1 unspecified atom stereocenters. The van der Waals surface area contributed by atoms with E-state index >= 15 is 0 Å². The van der Waals surface area contributed by atoms with Crippen LogP contribution < -0.4 is 5.32 Å². The number of thiophene rings is 1. The van der Waals surface area contributed by atoms with E-state index in [1.54, 1.807) is 6.07 Å². The van der Waals surface area contributed by atoms with Gasteiger partial charge in [-0.2, -0.15) is 0 Å². The summed E-state index contributed by atoms with van der Waals surface area (Å²) in [4.78, 5) is 2.64. The number of rotatable bonds is 6. The van der Waals surface area contributed by atoms with E-state index in [0.29, 0.717) is 6.42 Å². The minimum atomic E-state index is -0.111. The van der Waals surface area contributed by atoms with E-state index in [2.05, 4.69) is 32.2 Å². The smallest absolute Gasteiger partial charge is 0.126 e. The van der Waals surface area contributed by atoms with E-state index in [-0.39, 0.29) is 11.9 Å². The molecule has 0 saturated heterocycles. The molecule has 0 saturated carbocycles. The van der Waals surface area contributed by atoms with Gasteiger partial charge in [-0.25, -0.2) is 4.39 Å². The van der Waals surface area contributed by atoms with Crippen molar-refractivity contribution >= 4 is 11.3 Å². The monoisotopic (exact) mass is 291 g/mol. The third-order valence-corrected chi connectivity index (χ3v) is 4.46. The first kappa shape index (κ1) is 15.2. The Hall–Kier alpha value is -1.19. The first-order valence-electron chi connectivity index (χ1n) is 7.15. The number of hydrogen-bond acceptors (Lipinski definition) is 2. The molecular formula is C17H22FNS. The first-order chi connectivity index (χ1) is 9.61. The molecule has 1 atom stereocenters. The summed E-state index contributed by atoms with van der Waals surface area (Å²) in [7, 11) is 0. The lowest BCUT2D eigenvalue weighted by molar-refractivity contribution is 0.512. The lowest BCUT2D eigenvalue weighted by Crippen LogP contribution is -2.24. The van der Waals surface area contributed by atoms with E-state index in [4.69, 9.17) is 0 Å². The zero-order chi connectivity index (χ0) is 14.5. The lowest BCUT2D eigenvalue weighted by atomic mass is 9.98. The van der Waals surface area contributed by atoms with E-state index < -0.39 is 0 Å². The maximum Gasteiger partial charge on any atom is 0.126 e. The molecule has 1 aromatic carbocycles. The van der Waals surface area contributed by atoms with Gasteiger partial charge >= 0.3 is 0 Å². The summed E-state index contributed by atoms with van der Waals surface area (Å²) in [5, 5.41) is 3.56. The summed E-state index contributed by atoms with van der Waals surface area (Å²) in [5.41, 5.74) is 2.09. The number of benzene rings is 1. The predicted octanol–water partition coefficient (Wildman–Crippen LogP) is 4.79. The third kappa shape index (κ3) is 3.68. The Kier molecular flexibility index (Phi) is 5.32. The molecule has 20 heavy (non-hydrogen) atoms. The van der Waals surface area contributed by atoms with Crippen molar-refractivity contribution in [3.8, 4) is 0 Å². The number of nitrogens with one attached hydrogen (secondary N) is 1. The molecule has 0 spiro atoms. The molecule has 1 heterocycles. The predicted molar refractivity (Wildman–Crippen MR) is 84.9 cm³/mol. The highest BCUT2D eigenvalue weighted by Gasteiger charge is 2.17. The minimum absolute atomic E-state index is 0.111. The van der Waals surface area contributed by atoms with Crippen LogP contribution in [0.3, 0.4) is 0 Å². The molecule has 0 aliphatic heterocycles. The fourth-order valence-corrected chi connectivity index (χ4v) is 3.48. The minimum Gasteiger partial charge on any atom is -0.310 e. The molecule has 0 aliphatic rings. The number of aryl methyl sites for hydroxylation is 2. The average Bonchev–Trinajstić information content (AvgIpc) is 2.75. The van der Waals surface area contributed by atoms with Gasteiger partial charge in [0, 0.05) is 15.8 Å². The molecule has 108 valence electrons. The molecule has 0 radical (unpaired) electrons. The molecule has 1 nitrogen and oxygen atoms in total. The van der Waals surface area contributed by atoms with Gasteiger partial charge in [0.25, 0.3) is 0 Å². The molecule has 0 amide bonds. The largest absolute Gasteiger partial charge is 0.310 e. The Morgan fingerprint density at radius 3 is 2.60 bits per heavy atom. The standard InChI is InChI=1S/C17H22FNS/c1-4-9-19-17(15-10-12(2)20-13(15)3)11-14-7-5-6-8-16(14)18/h5-8,10,17,19H,4,9,11H2,1-3H3. The first-order valence-corrected chi connectivity index (χ1v) is 7.97. The van der Waals surface area contributed by atoms with Crippen LogP contribution in [-0.4, -0.2) is 6.54 Å². The van der Waals surface area contributed by atoms with Crippen molar-refractivity contribution in [1.82, 2.24) is 5.32 Å². The second-order valence-electron chi connectivity index (χ2n) is 5.17. The van der Waals surface area contributed by atoms with Crippen LogP contribution in [0.15, 0.2) is 30.3 Å². The van der Waals surface area contributed by atoms with Gasteiger partial charge in [0.05, 0.1) is 0 Å². The van der Waals surface area contributed by atoms with Crippen molar-refractivity contribution in [3.05, 3.63) is 57.0 Å². The Morgan fingerprint density at radius 1 is 1.25 bits per heavy atom. The van der Waals surface area contributed by atoms with Gasteiger partial charge in [-0.1, -0.05) is 25.1 Å². The van der Waals surface area contributed by atoms with Crippen molar-refractivity contribution in [2.75, 3.05) is 6.54 Å². The van der Waals surface area contributed by atoms with Gasteiger partial charge < -0.3 is 5.32 Å². The molecule has 0 bridgehead atoms. The maximum absolute atomic E-state index is 13.9. The molecule has 0 fully saturated rings. The molecule has 2 aromatic rings. The van der Waals surface area contributed by atoms with Crippen LogP contribution >= 0.6 is 11.3 Å². The van der Waals surface area contributed by atoms with Crippen molar-refractivity contribution in [2.45, 2.75) is 39.7 Å². The molecule has 1 aromatic heterocycles. The van der Waals surface area contributed by atoms with Crippen LogP contribution in [0.25, 0.3) is 0 Å². The lowest BCUT2D eigenvalue weighted by Gasteiger charge is -2.19. The number of hydrogen-bond donors (Lipinski definition) is 1. The van der Waals surface area contributed by atoms with Crippen LogP contribution in [-0.2, 0) is 6.42 Å². The topological polar surface area (TPSA) is 12.0 Å². The van der Waals surface area contributed by atoms with Gasteiger partial charge in [-0.15, -0.1) is 11.3 Å². The van der Waals surface area contributed by atoms with Crippen molar-refractivity contribution < 1.29 is 4.39 Å². The highest BCUT2D eigenvalue weighted by atomic mass is 32.1. The molecule has 2 rings (SSSR count). The summed E-state index contributed by atoms with van der Waals surface area (Å²) in [6.07, 6.45) is 1.78. The summed E-state index contributed by atoms with van der Waals surface area (Å²) in [5.74, 6) is -0.111. The fourth-order valence-electron chi connectivity index (χ4n) is 2.49. The van der Waals surface area contributed by atoms with Gasteiger partial charge in [-0.3, -0.25) is 0 Å². The summed E-state index contributed by atoms with van der Waals surface area (Å²) < 4.78 is 13.9. The molecule has 3 heteroatoms. The zero-order valence-electron chi connectivity index (χ0n) is 12.4. The van der Waals surface area contributed by atoms with Crippen LogP contribution in [0, 0.1) is 19.7 Å². The normalized spacial score (nSPS) is 12.6. The fraction of sp³-hybridized carbons (Fsp3) is 0.412. The summed E-state index contributed by atoms with van der Waals surface area (Å²) in [6.45, 7) is 7.38. The second kappa shape index (κ2) is 7.00. The van der Waals surface area contributed by atoms with Crippen LogP contribution in [0.1, 0.15) is 40.3 Å². The Labute approximate surface area is 124 Å². The Balaban J connectivity index is 2.24. The number of halogens is 1. The zero-order valence-corrected chi connectivity index (χ0v) is 13.2. The van der Waals surface area contributed by atoms with E-state index in [1.807, 2.05) is 23.5 Å². The summed E-state index contributed by atoms with van der Waals surface area (Å²) >= 11 is 1.81. The highest BCUT2D eigenvalue weighted by Crippen LogP contribution is 2.29. The maximum atomic E-state index is 13.9. The van der Waals surface area contributed by atoms with E-state index in [1.165, 1.54) is 21.4 Å². The van der Waals surface area contributed by atoms with Gasteiger partial charge in [0.1, 0.15) is 5.82 Å². The van der Waals surface area contributed by atoms with Gasteiger partial charge in [-0.05, 0) is 56.5 Å². The highest BCUT2D eigenvalue weighted by molar-refractivity contribution is 7.12. The van der Waals surface area contributed by atoms with Crippen molar-refractivity contribution in [3.63, 3.8) is 0 Å². The van der Waals surface area contributed by atoms with E-state index in [0.717, 1.165) is 18.5 Å². The van der Waals surface area contributed by atoms with Crippen molar-refractivity contribution in [1.29, 1.82) is 0 Å². The summed E-state index contributed by atoms with van der Waals surface area (Å²) in [6, 6.07) is 9.49. The SMILES string of the molecule is CCCNC(Cc1ccccc1F)c1cc(C)sc1C. The molecular weight excluding hydrogens is 269 g/mol. The van der Waals surface area contributed by atoms with Gasteiger partial charge in [0.15, 0.2) is 0 Å². The van der Waals surface area contributed by atoms with Gasteiger partial charge in [0.2, 0.25) is 0 Å². The van der Waals surface area contributed by atoms with E-state index in [9.17, 15) is 4.39 Å². The molecule has 1 N–H and O–H groups in total. The van der Waals surface area contributed by atoms with Crippen molar-refractivity contribution in [2.24, 2.45) is 0 Å². The second-order valence-corrected chi connectivity index (χ2v) is 6.63. The van der Waals surface area contributed by atoms with Crippen LogP contribution in [0.5, 0.6) is 0 Å². The van der Waals surface area contributed by atoms with Crippen LogP contribution in [0.4, 0.5) is 4.39 Å². The van der Waals surface area contributed by atoms with Crippen LogP contribution in [0.2, 0.25) is 0 Å². The third-order valence-electron chi connectivity index (χ3n) is 3.48. The Bertz CT molecular complexity index is 562. The Morgan fingerprint density at radius 2 is 2.00 bits per heavy atom. The molecule has 0 aliphatic carbocycles. The quantitative estimate of drug-likeness (QED) is 0.807.